The van der Waals surface area contributed by atoms with Crippen molar-refractivity contribution in [3.05, 3.63) is 142 Å². The molecule has 1 aromatic heterocycles. The van der Waals surface area contributed by atoms with Crippen LogP contribution in [0.3, 0.4) is 0 Å². The number of nitrogens with zero attached hydrogens (tertiary/aromatic N) is 5. The number of amides is 3. The van der Waals surface area contributed by atoms with Gasteiger partial charge in [-0.05, 0) is 129 Å². The summed E-state index contributed by atoms with van der Waals surface area (Å²) in [5, 5.41) is 15.1. The van der Waals surface area contributed by atoms with Crippen LogP contribution in [0.1, 0.15) is 103 Å². The molecule has 2 aliphatic rings. The molecule has 2 aliphatic heterocycles. The molecule has 1 saturated heterocycles. The molecule has 3 amide bonds. The minimum Gasteiger partial charge on any atom is -0.497 e. The zero-order valence-electron chi connectivity index (χ0n) is 48.2. The number of aliphatic imine (C=N–C) groups is 1. The molecule has 0 unspecified atom stereocenters. The Kier molecular flexibility index (Phi) is 21.3. The molecule has 3 heterocycles. The fraction of sp³-hybridized carbons (Fsp3) is 0.403. The van der Waals surface area contributed by atoms with E-state index >= 15 is 0 Å². The standard InChI is InChI=1S/C62H72ClN7O13/c1-9-46(42-33-54(78-6)59(80-8)55(34-42)79-7)61(73)69-28-11-10-15-50(69)62(74)83-51(24-16-39-17-25-52(76-4)53(31-39)77-5)41-13-12-14-45(32-41)82-37-57(72)65-27-30-81-29-26-64-56(71)36-48-60-68-67-38(2)70(60)49-23-22-44(75-3)35-47(49)58(66-48)40-18-20-43(63)21-19-40/h12-14,17-23,25,31-35,46,48,50-51H,9-11,15-16,24,26-30,36-37H2,1-8H3,(H,64,71)(H,65,72)/t46-,48-,50-,51+/m0/s1. The van der Waals surface area contributed by atoms with Gasteiger partial charge in [0.05, 0.1) is 79.6 Å². The Morgan fingerprint density at radius 2 is 1.45 bits per heavy atom. The molecule has 5 aromatic carbocycles. The molecule has 0 spiro atoms. The monoisotopic (exact) mass is 1160 g/mol. The second-order valence-corrected chi connectivity index (χ2v) is 20.3. The summed E-state index contributed by atoms with van der Waals surface area (Å²) in [5.41, 5.74) is 5.31. The van der Waals surface area contributed by atoms with Gasteiger partial charge in [-0.1, -0.05) is 48.9 Å². The molecule has 440 valence electrons. The number of hydrogen-bond donors (Lipinski definition) is 2. The van der Waals surface area contributed by atoms with Crippen molar-refractivity contribution in [3.8, 4) is 45.9 Å². The quantitative estimate of drug-likeness (QED) is 0.0364. The van der Waals surface area contributed by atoms with Crippen LogP contribution in [-0.4, -0.2) is 137 Å². The number of likely N-dealkylation sites (tertiary alicyclic amines) is 1. The second-order valence-electron chi connectivity index (χ2n) is 19.8. The minimum atomic E-state index is -0.830. The maximum Gasteiger partial charge on any atom is 0.329 e. The number of nitrogens with one attached hydrogen (secondary N) is 2. The predicted molar refractivity (Wildman–Crippen MR) is 311 cm³/mol. The summed E-state index contributed by atoms with van der Waals surface area (Å²) in [5.74, 6) is 2.66. The number of carbonyl (C=O) groups is 4. The van der Waals surface area contributed by atoms with Gasteiger partial charge in [0.2, 0.25) is 17.6 Å². The molecular formula is C62H72ClN7O13. The number of piperidine rings is 1. The lowest BCUT2D eigenvalue weighted by Gasteiger charge is -2.37. The summed E-state index contributed by atoms with van der Waals surface area (Å²) >= 11 is 6.25. The molecule has 20 nitrogen and oxygen atoms in total. The van der Waals surface area contributed by atoms with E-state index in [0.717, 1.165) is 35.2 Å². The van der Waals surface area contributed by atoms with Crippen molar-refractivity contribution in [2.45, 2.75) is 82.9 Å². The van der Waals surface area contributed by atoms with Crippen molar-refractivity contribution in [1.29, 1.82) is 0 Å². The van der Waals surface area contributed by atoms with Gasteiger partial charge < -0.3 is 58.2 Å². The highest BCUT2D eigenvalue weighted by Gasteiger charge is 2.38. The number of halogens is 1. The summed E-state index contributed by atoms with van der Waals surface area (Å²) in [6, 6.07) is 27.8. The fourth-order valence-corrected chi connectivity index (χ4v) is 10.5. The molecule has 8 rings (SSSR count). The van der Waals surface area contributed by atoms with Crippen LogP contribution in [0.25, 0.3) is 5.69 Å². The summed E-state index contributed by atoms with van der Waals surface area (Å²) in [6.07, 6.45) is 2.45. The number of rotatable bonds is 27. The highest BCUT2D eigenvalue weighted by atomic mass is 35.5. The maximum atomic E-state index is 14.6. The van der Waals surface area contributed by atoms with E-state index in [4.69, 9.17) is 59.2 Å². The largest absolute Gasteiger partial charge is 0.497 e. The van der Waals surface area contributed by atoms with Crippen LogP contribution < -0.4 is 43.8 Å². The first kappa shape index (κ1) is 60.7. The van der Waals surface area contributed by atoms with E-state index in [-0.39, 0.29) is 57.1 Å². The molecule has 2 N–H and O–H groups in total. The normalized spacial score (nSPS) is 15.2. The lowest BCUT2D eigenvalue weighted by Crippen LogP contribution is -2.50. The van der Waals surface area contributed by atoms with Crippen molar-refractivity contribution < 1.29 is 61.8 Å². The molecule has 0 radical (unpaired) electrons. The number of carbonyl (C=O) groups excluding carboxylic acids is 4. The van der Waals surface area contributed by atoms with Crippen LogP contribution >= 0.6 is 11.6 Å². The predicted octanol–water partition coefficient (Wildman–Crippen LogP) is 8.68. The Bertz CT molecular complexity index is 3240. The number of esters is 1. The Labute approximate surface area is 488 Å². The van der Waals surface area contributed by atoms with E-state index in [1.165, 1.54) is 21.3 Å². The first-order valence-corrected chi connectivity index (χ1v) is 28.0. The molecule has 6 aromatic rings. The van der Waals surface area contributed by atoms with Crippen LogP contribution in [0.5, 0.6) is 40.2 Å². The number of aromatic nitrogens is 3. The van der Waals surface area contributed by atoms with Gasteiger partial charge in [-0.3, -0.25) is 23.9 Å². The zero-order valence-corrected chi connectivity index (χ0v) is 48.9. The van der Waals surface area contributed by atoms with Crippen LogP contribution in [0.15, 0.2) is 102 Å². The van der Waals surface area contributed by atoms with Gasteiger partial charge >= 0.3 is 5.97 Å². The molecule has 83 heavy (non-hydrogen) atoms. The number of aryl methyl sites for hydroxylation is 2. The van der Waals surface area contributed by atoms with Crippen molar-refractivity contribution in [3.63, 3.8) is 0 Å². The lowest BCUT2D eigenvalue weighted by molar-refractivity contribution is -0.162. The van der Waals surface area contributed by atoms with Gasteiger partial charge in [0, 0.05) is 35.8 Å². The molecule has 21 heteroatoms. The number of fused-ring (bicyclic) bond motifs is 3. The maximum absolute atomic E-state index is 14.6. The smallest absolute Gasteiger partial charge is 0.329 e. The molecule has 4 atom stereocenters. The second kappa shape index (κ2) is 29.1. The van der Waals surface area contributed by atoms with Gasteiger partial charge in [-0.2, -0.15) is 0 Å². The highest BCUT2D eigenvalue weighted by molar-refractivity contribution is 6.30. The number of ether oxygens (including phenoxy) is 9. The summed E-state index contributed by atoms with van der Waals surface area (Å²) in [7, 11) is 9.32. The third-order valence-electron chi connectivity index (χ3n) is 14.6. The lowest BCUT2D eigenvalue weighted by atomic mass is 9.91. The van der Waals surface area contributed by atoms with Crippen molar-refractivity contribution in [2.75, 3.05) is 82.1 Å². The van der Waals surface area contributed by atoms with Crippen molar-refractivity contribution in [1.82, 2.24) is 30.3 Å². The van der Waals surface area contributed by atoms with Gasteiger partial charge in [0.15, 0.2) is 35.4 Å². The van der Waals surface area contributed by atoms with Crippen molar-refractivity contribution >= 4 is 41.0 Å². The first-order valence-electron chi connectivity index (χ1n) is 27.6. The van der Waals surface area contributed by atoms with E-state index in [1.807, 2.05) is 73.0 Å². The van der Waals surface area contributed by atoms with E-state index in [1.54, 1.807) is 68.7 Å². The van der Waals surface area contributed by atoms with Crippen molar-refractivity contribution in [2.24, 2.45) is 4.99 Å². The number of hydrogen-bond acceptors (Lipinski definition) is 16. The Morgan fingerprint density at radius 3 is 2.13 bits per heavy atom. The number of benzene rings is 5. The Morgan fingerprint density at radius 1 is 0.723 bits per heavy atom. The summed E-state index contributed by atoms with van der Waals surface area (Å²) in [4.78, 5) is 62.4. The minimum absolute atomic E-state index is 0.00825. The molecule has 1 fully saturated rings. The van der Waals surface area contributed by atoms with Gasteiger partial charge in [-0.15, -0.1) is 10.2 Å². The van der Waals surface area contributed by atoms with E-state index < -0.39 is 30.1 Å². The van der Waals surface area contributed by atoms with Crippen LogP contribution in [0.2, 0.25) is 5.02 Å². The third-order valence-corrected chi connectivity index (χ3v) is 14.9. The van der Waals surface area contributed by atoms with E-state index in [9.17, 15) is 19.2 Å². The number of methoxy groups -OCH3 is 6. The summed E-state index contributed by atoms with van der Waals surface area (Å²) < 4.78 is 53.5. The molecule has 0 aliphatic carbocycles. The average molecular weight is 1160 g/mol. The molecule has 0 saturated carbocycles. The summed E-state index contributed by atoms with van der Waals surface area (Å²) in [6.45, 7) is 4.65. The van der Waals surface area contributed by atoms with E-state index in [2.05, 4.69) is 20.8 Å². The first-order chi connectivity index (χ1) is 40.3. The topological polar surface area (TPSA) is 222 Å². The van der Waals surface area contributed by atoms with Gasteiger partial charge in [0.25, 0.3) is 5.91 Å². The van der Waals surface area contributed by atoms with Gasteiger partial charge in [-0.25, -0.2) is 4.79 Å². The average Bonchev–Trinajstić information content (AvgIpc) is 3.98. The van der Waals surface area contributed by atoms with E-state index in [0.29, 0.717) is 106 Å². The van der Waals surface area contributed by atoms with Crippen LogP contribution in [-0.2, 0) is 35.1 Å². The molecule has 0 bridgehead atoms. The van der Waals surface area contributed by atoms with Gasteiger partial charge in [0.1, 0.15) is 35.5 Å². The third kappa shape index (κ3) is 14.8. The fourth-order valence-electron chi connectivity index (χ4n) is 10.4. The zero-order chi connectivity index (χ0) is 59.0. The Hall–Kier alpha value is -8.36. The van der Waals surface area contributed by atoms with Crippen LogP contribution in [0.4, 0.5) is 0 Å². The highest BCUT2D eigenvalue weighted by Crippen LogP contribution is 2.42. The van der Waals surface area contributed by atoms with Crippen LogP contribution in [0, 0.1) is 6.92 Å². The SMILES string of the molecule is CC[C@H](C(=O)N1CCCC[C@H]1C(=O)O[C@H](CCc1ccc(OC)c(OC)c1)c1cccc(OCC(=O)NCCOCCNC(=O)C[C@@H]2N=C(c3ccc(Cl)cc3)c3cc(OC)ccc3-n3c(C)nnc32)c1)c1cc(OC)c(OC)c(OC)c1. The Balaban J connectivity index is 0.858. The molecular weight excluding hydrogens is 1090 g/mol.